The first-order chi connectivity index (χ1) is 9.85. The average Bonchev–Trinajstić information content (AvgIpc) is 2.88. The van der Waals surface area contributed by atoms with Gasteiger partial charge in [-0.2, -0.15) is 5.10 Å². The number of aryl methyl sites for hydroxylation is 4. The zero-order valence-corrected chi connectivity index (χ0v) is 13.4. The number of aromatic nitrogens is 3. The van der Waals surface area contributed by atoms with Crippen molar-refractivity contribution in [1.82, 2.24) is 20.1 Å². The van der Waals surface area contributed by atoms with Gasteiger partial charge in [0.15, 0.2) is 5.89 Å². The highest BCUT2D eigenvalue weighted by Gasteiger charge is 2.22. The molecule has 6 nitrogen and oxygen atoms in total. The third-order valence-electron chi connectivity index (χ3n) is 3.63. The number of amides is 1. The summed E-state index contributed by atoms with van der Waals surface area (Å²) in [6.07, 6.45) is 0. The van der Waals surface area contributed by atoms with E-state index in [1.165, 1.54) is 0 Å². The quantitative estimate of drug-likeness (QED) is 0.939. The number of rotatable bonds is 4. The zero-order chi connectivity index (χ0) is 15.7. The maximum Gasteiger partial charge on any atom is 0.289 e. The lowest BCUT2D eigenvalue weighted by Gasteiger charge is -2.14. The SMILES string of the molecule is CCn1nc(C)c(C(C)NC(=O)c2oc(C)nc2C)c1C. The fraction of sp³-hybridized carbons (Fsp3) is 0.533. The minimum atomic E-state index is -0.247. The van der Waals surface area contributed by atoms with Crippen LogP contribution in [0.4, 0.5) is 0 Å². The third kappa shape index (κ3) is 2.84. The van der Waals surface area contributed by atoms with E-state index < -0.39 is 0 Å². The van der Waals surface area contributed by atoms with Crippen LogP contribution >= 0.6 is 0 Å². The molecule has 21 heavy (non-hydrogen) atoms. The highest BCUT2D eigenvalue weighted by molar-refractivity contribution is 5.92. The minimum Gasteiger partial charge on any atom is -0.436 e. The van der Waals surface area contributed by atoms with Crippen molar-refractivity contribution in [2.45, 2.75) is 54.1 Å². The number of carbonyl (C=O) groups excluding carboxylic acids is 1. The van der Waals surface area contributed by atoms with Crippen molar-refractivity contribution in [3.63, 3.8) is 0 Å². The number of hydrogen-bond acceptors (Lipinski definition) is 4. The van der Waals surface area contributed by atoms with Crippen LogP contribution in [0.15, 0.2) is 4.42 Å². The summed E-state index contributed by atoms with van der Waals surface area (Å²) in [7, 11) is 0. The van der Waals surface area contributed by atoms with Gasteiger partial charge >= 0.3 is 0 Å². The summed E-state index contributed by atoms with van der Waals surface area (Å²) in [4.78, 5) is 16.4. The summed E-state index contributed by atoms with van der Waals surface area (Å²) >= 11 is 0. The van der Waals surface area contributed by atoms with Crippen molar-refractivity contribution in [2.75, 3.05) is 0 Å². The van der Waals surface area contributed by atoms with E-state index in [0.717, 1.165) is 23.5 Å². The second-order valence-corrected chi connectivity index (χ2v) is 5.24. The standard InChI is InChI=1S/C15H22N4O2/c1-7-19-11(5)13(9(3)18-19)8(2)17-15(20)14-10(4)16-12(6)21-14/h8H,7H2,1-6H3,(H,17,20). The first kappa shape index (κ1) is 15.3. The van der Waals surface area contributed by atoms with Crippen LogP contribution in [-0.2, 0) is 6.54 Å². The Morgan fingerprint density at radius 1 is 1.29 bits per heavy atom. The van der Waals surface area contributed by atoms with E-state index in [0.29, 0.717) is 11.6 Å². The molecule has 0 aliphatic carbocycles. The monoisotopic (exact) mass is 290 g/mol. The predicted molar refractivity (Wildman–Crippen MR) is 79.2 cm³/mol. The Morgan fingerprint density at radius 2 is 1.95 bits per heavy atom. The first-order valence-corrected chi connectivity index (χ1v) is 7.13. The number of nitrogens with zero attached hydrogens (tertiary/aromatic N) is 3. The highest BCUT2D eigenvalue weighted by atomic mass is 16.4. The van der Waals surface area contributed by atoms with E-state index in [-0.39, 0.29) is 17.7 Å². The van der Waals surface area contributed by atoms with Crippen LogP contribution < -0.4 is 5.32 Å². The normalized spacial score (nSPS) is 12.5. The van der Waals surface area contributed by atoms with E-state index in [4.69, 9.17) is 4.42 Å². The molecular formula is C15H22N4O2. The molecule has 0 aliphatic rings. The van der Waals surface area contributed by atoms with Crippen LogP contribution in [0.1, 0.15) is 59.0 Å². The summed E-state index contributed by atoms with van der Waals surface area (Å²) in [5.41, 5.74) is 3.68. The van der Waals surface area contributed by atoms with Gasteiger partial charge in [-0.05, 0) is 34.6 Å². The third-order valence-corrected chi connectivity index (χ3v) is 3.63. The number of carbonyl (C=O) groups is 1. The lowest BCUT2D eigenvalue weighted by molar-refractivity contribution is 0.0909. The molecule has 1 amide bonds. The first-order valence-electron chi connectivity index (χ1n) is 7.13. The molecule has 0 fully saturated rings. The van der Waals surface area contributed by atoms with E-state index in [9.17, 15) is 4.79 Å². The Balaban J connectivity index is 2.22. The predicted octanol–water partition coefficient (Wildman–Crippen LogP) is 2.62. The Bertz CT molecular complexity index is 670. The molecule has 114 valence electrons. The van der Waals surface area contributed by atoms with Gasteiger partial charge in [0.1, 0.15) is 0 Å². The van der Waals surface area contributed by atoms with Crippen LogP contribution in [0.25, 0.3) is 0 Å². The molecule has 2 rings (SSSR count). The maximum absolute atomic E-state index is 12.3. The van der Waals surface area contributed by atoms with Gasteiger partial charge < -0.3 is 9.73 Å². The van der Waals surface area contributed by atoms with Crippen molar-refractivity contribution in [3.05, 3.63) is 34.3 Å². The summed E-state index contributed by atoms with van der Waals surface area (Å²) < 4.78 is 7.30. The number of nitrogens with one attached hydrogen (secondary N) is 1. The Morgan fingerprint density at radius 3 is 2.43 bits per heavy atom. The van der Waals surface area contributed by atoms with Gasteiger partial charge in [0.05, 0.1) is 17.4 Å². The van der Waals surface area contributed by atoms with Gasteiger partial charge in [-0.3, -0.25) is 9.48 Å². The molecule has 0 aromatic carbocycles. The molecule has 0 radical (unpaired) electrons. The minimum absolute atomic E-state index is 0.136. The summed E-state index contributed by atoms with van der Waals surface area (Å²) in [6, 6.07) is -0.136. The van der Waals surface area contributed by atoms with Gasteiger partial charge in [-0.25, -0.2) is 4.98 Å². The Kier molecular flexibility index (Phi) is 4.16. The summed E-state index contributed by atoms with van der Waals surface area (Å²) in [5.74, 6) is 0.526. The van der Waals surface area contributed by atoms with Crippen LogP contribution in [0.2, 0.25) is 0 Å². The highest BCUT2D eigenvalue weighted by Crippen LogP contribution is 2.22. The van der Waals surface area contributed by atoms with E-state index in [2.05, 4.69) is 15.4 Å². The van der Waals surface area contributed by atoms with Crippen molar-refractivity contribution < 1.29 is 9.21 Å². The molecule has 1 N–H and O–H groups in total. The maximum atomic E-state index is 12.3. The van der Waals surface area contributed by atoms with Crippen LogP contribution in [-0.4, -0.2) is 20.7 Å². The largest absolute Gasteiger partial charge is 0.436 e. The zero-order valence-electron chi connectivity index (χ0n) is 13.4. The van der Waals surface area contributed by atoms with Crippen molar-refractivity contribution in [2.24, 2.45) is 0 Å². The topological polar surface area (TPSA) is 73.0 Å². The Labute approximate surface area is 124 Å². The summed E-state index contributed by atoms with van der Waals surface area (Å²) in [6.45, 7) is 12.3. The van der Waals surface area contributed by atoms with Crippen LogP contribution in [0.5, 0.6) is 0 Å². The molecule has 2 heterocycles. The van der Waals surface area contributed by atoms with Crippen molar-refractivity contribution >= 4 is 5.91 Å². The molecule has 1 unspecified atom stereocenters. The average molecular weight is 290 g/mol. The van der Waals surface area contributed by atoms with Gasteiger partial charge in [0, 0.05) is 24.7 Å². The van der Waals surface area contributed by atoms with E-state index in [1.54, 1.807) is 13.8 Å². The molecule has 0 saturated heterocycles. The molecule has 0 saturated carbocycles. The molecule has 1 atom stereocenters. The fourth-order valence-corrected chi connectivity index (χ4v) is 2.72. The molecule has 2 aromatic heterocycles. The van der Waals surface area contributed by atoms with Crippen molar-refractivity contribution in [3.8, 4) is 0 Å². The van der Waals surface area contributed by atoms with Crippen LogP contribution in [0, 0.1) is 27.7 Å². The lowest BCUT2D eigenvalue weighted by Crippen LogP contribution is -2.27. The van der Waals surface area contributed by atoms with Crippen LogP contribution in [0.3, 0.4) is 0 Å². The van der Waals surface area contributed by atoms with E-state index in [1.807, 2.05) is 32.4 Å². The summed E-state index contributed by atoms with van der Waals surface area (Å²) in [5, 5.41) is 7.44. The smallest absolute Gasteiger partial charge is 0.289 e. The molecule has 0 bridgehead atoms. The van der Waals surface area contributed by atoms with E-state index >= 15 is 0 Å². The second kappa shape index (κ2) is 5.71. The number of oxazole rings is 1. The lowest BCUT2D eigenvalue weighted by atomic mass is 10.1. The molecular weight excluding hydrogens is 268 g/mol. The van der Waals surface area contributed by atoms with Gasteiger partial charge in [0.25, 0.3) is 5.91 Å². The van der Waals surface area contributed by atoms with Gasteiger partial charge in [0.2, 0.25) is 5.76 Å². The molecule has 0 spiro atoms. The second-order valence-electron chi connectivity index (χ2n) is 5.24. The van der Waals surface area contributed by atoms with Gasteiger partial charge in [-0.1, -0.05) is 0 Å². The molecule has 2 aromatic rings. The number of hydrogen-bond donors (Lipinski definition) is 1. The molecule has 0 aliphatic heterocycles. The molecule has 6 heteroatoms. The fourth-order valence-electron chi connectivity index (χ4n) is 2.72. The van der Waals surface area contributed by atoms with Crippen molar-refractivity contribution in [1.29, 1.82) is 0 Å². The van der Waals surface area contributed by atoms with Gasteiger partial charge in [-0.15, -0.1) is 0 Å². The Hall–Kier alpha value is -2.11.